The average Bonchev–Trinajstić information content (AvgIpc) is 2.85. The fourth-order valence-corrected chi connectivity index (χ4v) is 3.69. The van der Waals surface area contributed by atoms with Crippen molar-refractivity contribution in [3.8, 4) is 22.6 Å². The van der Waals surface area contributed by atoms with Gasteiger partial charge in [0, 0.05) is 10.9 Å². The van der Waals surface area contributed by atoms with E-state index in [0.717, 1.165) is 46.5 Å². The maximum Gasteiger partial charge on any atom is 0.185 e. The van der Waals surface area contributed by atoms with Crippen molar-refractivity contribution < 1.29 is 14.3 Å². The summed E-state index contributed by atoms with van der Waals surface area (Å²) in [4.78, 5) is 12.5. The lowest BCUT2D eigenvalue weighted by atomic mass is 10.0. The van der Waals surface area contributed by atoms with Crippen molar-refractivity contribution >= 4 is 27.8 Å². The summed E-state index contributed by atoms with van der Waals surface area (Å²) < 4.78 is 11.0. The lowest BCUT2D eigenvalue weighted by Gasteiger charge is -2.08. The molecule has 3 aromatic carbocycles. The lowest BCUT2D eigenvalue weighted by molar-refractivity contribution is 0.104. The number of carbonyl (C=O) groups excluding carboxylic acids is 1. The number of alkyl halides is 1. The molecule has 3 rings (SSSR count). The van der Waals surface area contributed by atoms with Crippen LogP contribution in [0.5, 0.6) is 11.5 Å². The van der Waals surface area contributed by atoms with Crippen LogP contribution in [0, 0.1) is 0 Å². The number of ether oxygens (including phenoxy) is 2. The molecule has 0 amide bonds. The van der Waals surface area contributed by atoms with Gasteiger partial charge in [0.15, 0.2) is 5.78 Å². The molecular weight excluding hydrogens is 464 g/mol. The Morgan fingerprint density at radius 1 is 0.781 bits per heavy atom. The highest BCUT2D eigenvalue weighted by Crippen LogP contribution is 2.23. The van der Waals surface area contributed by atoms with E-state index in [1.54, 1.807) is 13.2 Å². The SMILES string of the molecule is COc1ccc(C=CC(=O)c2ccc(-c3ccc(OCCCCCCBr)cc3)cc2)cc1. The second-order valence-electron chi connectivity index (χ2n) is 7.52. The van der Waals surface area contributed by atoms with Gasteiger partial charge in [-0.15, -0.1) is 0 Å². The number of hydrogen-bond acceptors (Lipinski definition) is 3. The van der Waals surface area contributed by atoms with Crippen LogP contribution in [0.2, 0.25) is 0 Å². The highest BCUT2D eigenvalue weighted by Gasteiger charge is 2.04. The Labute approximate surface area is 199 Å². The molecule has 0 unspecified atom stereocenters. The van der Waals surface area contributed by atoms with Crippen LogP contribution in [0.1, 0.15) is 41.6 Å². The molecule has 3 nitrogen and oxygen atoms in total. The average molecular weight is 493 g/mol. The first-order chi connectivity index (χ1) is 15.7. The van der Waals surface area contributed by atoms with Crippen LogP contribution in [0.4, 0.5) is 0 Å². The van der Waals surface area contributed by atoms with E-state index in [1.807, 2.05) is 66.7 Å². The van der Waals surface area contributed by atoms with Crippen LogP contribution in [-0.4, -0.2) is 24.8 Å². The van der Waals surface area contributed by atoms with Gasteiger partial charge >= 0.3 is 0 Å². The lowest BCUT2D eigenvalue weighted by Crippen LogP contribution is -1.97. The van der Waals surface area contributed by atoms with Gasteiger partial charge in [-0.3, -0.25) is 4.79 Å². The number of benzene rings is 3. The first kappa shape index (κ1) is 23.8. The minimum absolute atomic E-state index is 0.0211. The van der Waals surface area contributed by atoms with Gasteiger partial charge in [0.05, 0.1) is 13.7 Å². The van der Waals surface area contributed by atoms with E-state index in [1.165, 1.54) is 19.3 Å². The van der Waals surface area contributed by atoms with Gasteiger partial charge in [0.1, 0.15) is 11.5 Å². The molecule has 0 radical (unpaired) electrons. The zero-order valence-electron chi connectivity index (χ0n) is 18.4. The molecule has 166 valence electrons. The summed E-state index contributed by atoms with van der Waals surface area (Å²) in [6.45, 7) is 0.752. The minimum atomic E-state index is -0.0211. The van der Waals surface area contributed by atoms with Crippen molar-refractivity contribution in [3.63, 3.8) is 0 Å². The van der Waals surface area contributed by atoms with Crippen LogP contribution in [-0.2, 0) is 0 Å². The molecule has 0 aromatic heterocycles. The maximum absolute atomic E-state index is 12.5. The van der Waals surface area contributed by atoms with Crippen molar-refractivity contribution in [2.24, 2.45) is 0 Å². The molecular formula is C28H29BrO3. The Morgan fingerprint density at radius 3 is 2.00 bits per heavy atom. The standard InChI is InChI=1S/C28H29BrO3/c1-31-26-15-6-22(7-16-26)8-19-28(30)25-11-9-23(10-12-25)24-13-17-27(18-14-24)32-21-5-3-2-4-20-29/h6-19H,2-5,20-21H2,1H3. The van der Waals surface area contributed by atoms with Crippen molar-refractivity contribution in [3.05, 3.63) is 90.0 Å². The van der Waals surface area contributed by atoms with Crippen LogP contribution in [0.15, 0.2) is 78.9 Å². The highest BCUT2D eigenvalue weighted by atomic mass is 79.9. The molecule has 0 aliphatic rings. The zero-order chi connectivity index (χ0) is 22.6. The van der Waals surface area contributed by atoms with E-state index >= 15 is 0 Å². The van der Waals surface area contributed by atoms with E-state index in [2.05, 4.69) is 28.1 Å². The molecule has 3 aromatic rings. The normalized spacial score (nSPS) is 10.9. The largest absolute Gasteiger partial charge is 0.497 e. The zero-order valence-corrected chi connectivity index (χ0v) is 20.0. The number of ketones is 1. The third-order valence-corrected chi connectivity index (χ3v) is 5.76. The number of methoxy groups -OCH3 is 1. The van der Waals surface area contributed by atoms with E-state index in [-0.39, 0.29) is 5.78 Å². The Bertz CT molecular complexity index is 990. The van der Waals surface area contributed by atoms with Gasteiger partial charge < -0.3 is 9.47 Å². The Hall–Kier alpha value is -2.85. The number of carbonyl (C=O) groups is 1. The number of halogens is 1. The summed E-state index contributed by atoms with van der Waals surface area (Å²) in [7, 11) is 1.63. The monoisotopic (exact) mass is 492 g/mol. The summed E-state index contributed by atoms with van der Waals surface area (Å²) in [5.41, 5.74) is 3.79. The van der Waals surface area contributed by atoms with Gasteiger partial charge in [-0.25, -0.2) is 0 Å². The molecule has 0 heterocycles. The molecule has 0 N–H and O–H groups in total. The third-order valence-electron chi connectivity index (χ3n) is 5.20. The van der Waals surface area contributed by atoms with Gasteiger partial charge in [-0.05, 0) is 59.9 Å². The molecule has 0 saturated heterocycles. The molecule has 0 saturated carbocycles. The molecule has 0 spiro atoms. The Morgan fingerprint density at radius 2 is 1.38 bits per heavy atom. The van der Waals surface area contributed by atoms with Crippen LogP contribution < -0.4 is 9.47 Å². The van der Waals surface area contributed by atoms with Crippen molar-refractivity contribution in [2.75, 3.05) is 19.0 Å². The second-order valence-corrected chi connectivity index (χ2v) is 8.32. The first-order valence-corrected chi connectivity index (χ1v) is 12.1. The fourth-order valence-electron chi connectivity index (χ4n) is 3.29. The highest BCUT2D eigenvalue weighted by molar-refractivity contribution is 9.09. The molecule has 0 atom stereocenters. The van der Waals surface area contributed by atoms with E-state index < -0.39 is 0 Å². The third kappa shape index (κ3) is 7.38. The molecule has 32 heavy (non-hydrogen) atoms. The van der Waals surface area contributed by atoms with Crippen molar-refractivity contribution in [1.29, 1.82) is 0 Å². The summed E-state index contributed by atoms with van der Waals surface area (Å²) >= 11 is 3.46. The predicted octanol–water partition coefficient (Wildman–Crippen LogP) is 7.59. The summed E-state index contributed by atoms with van der Waals surface area (Å²) in [6, 6.07) is 23.4. The maximum atomic E-state index is 12.5. The van der Waals surface area contributed by atoms with Crippen LogP contribution >= 0.6 is 15.9 Å². The summed E-state index contributed by atoms with van der Waals surface area (Å²) in [5.74, 6) is 1.67. The van der Waals surface area contributed by atoms with Crippen molar-refractivity contribution in [2.45, 2.75) is 25.7 Å². The van der Waals surface area contributed by atoms with Gasteiger partial charge in [0.2, 0.25) is 0 Å². The Balaban J connectivity index is 1.53. The molecule has 0 fully saturated rings. The Kier molecular flexibility index (Phi) is 9.58. The first-order valence-electron chi connectivity index (χ1n) is 11.0. The molecule has 4 heteroatoms. The minimum Gasteiger partial charge on any atom is -0.497 e. The number of allylic oxidation sites excluding steroid dienone is 1. The predicted molar refractivity (Wildman–Crippen MR) is 136 cm³/mol. The van der Waals surface area contributed by atoms with E-state index in [9.17, 15) is 4.79 Å². The summed E-state index contributed by atoms with van der Waals surface area (Å²) in [5, 5.41) is 1.07. The smallest absolute Gasteiger partial charge is 0.185 e. The fraction of sp³-hybridized carbons (Fsp3) is 0.250. The van der Waals surface area contributed by atoms with Gasteiger partial charge in [-0.1, -0.05) is 83.4 Å². The molecule has 0 bridgehead atoms. The van der Waals surface area contributed by atoms with E-state index in [0.29, 0.717) is 5.56 Å². The van der Waals surface area contributed by atoms with Crippen LogP contribution in [0.25, 0.3) is 17.2 Å². The van der Waals surface area contributed by atoms with Gasteiger partial charge in [0.25, 0.3) is 0 Å². The number of unbranched alkanes of at least 4 members (excludes halogenated alkanes) is 3. The second kappa shape index (κ2) is 12.9. The molecule has 0 aliphatic carbocycles. The summed E-state index contributed by atoms with van der Waals surface area (Å²) in [6.07, 6.45) is 8.15. The van der Waals surface area contributed by atoms with Crippen molar-refractivity contribution in [1.82, 2.24) is 0 Å². The topological polar surface area (TPSA) is 35.5 Å². The van der Waals surface area contributed by atoms with E-state index in [4.69, 9.17) is 9.47 Å². The quantitative estimate of drug-likeness (QED) is 0.113. The van der Waals surface area contributed by atoms with Gasteiger partial charge in [-0.2, -0.15) is 0 Å². The molecule has 0 aliphatic heterocycles. The number of hydrogen-bond donors (Lipinski definition) is 0. The van der Waals surface area contributed by atoms with Crippen LogP contribution in [0.3, 0.4) is 0 Å². The number of rotatable bonds is 12.